The summed E-state index contributed by atoms with van der Waals surface area (Å²) >= 11 is 0.0183. The zero-order valence-corrected chi connectivity index (χ0v) is 8.07. The Balaban J connectivity index is 2.93. The quantitative estimate of drug-likeness (QED) is 0.476. The number of hydrogen-bond acceptors (Lipinski definition) is 0. The van der Waals surface area contributed by atoms with Crippen LogP contribution in [0.1, 0.15) is 0 Å². The van der Waals surface area contributed by atoms with Gasteiger partial charge in [0.1, 0.15) is 0 Å². The van der Waals surface area contributed by atoms with Crippen LogP contribution in [0.25, 0.3) is 8.92 Å². The number of para-hydroxylation sites is 1. The molecule has 50 valence electrons. The van der Waals surface area contributed by atoms with Crippen LogP contribution in [-0.4, -0.2) is 20.4 Å². The van der Waals surface area contributed by atoms with Crippen molar-refractivity contribution in [1.29, 1.82) is 0 Å². The van der Waals surface area contributed by atoms with Crippen LogP contribution in [0, 0.1) is 0 Å². The third kappa shape index (κ3) is 0.885. The Morgan fingerprint density at radius 1 is 1.30 bits per heavy atom. The molecule has 0 saturated heterocycles. The fourth-order valence-electron chi connectivity index (χ4n) is 1.04. The Kier molecular flexibility index (Phi) is 1.52. The van der Waals surface area contributed by atoms with Gasteiger partial charge in [0.25, 0.3) is 0 Å². The van der Waals surface area contributed by atoms with Crippen molar-refractivity contribution in [2.75, 3.05) is 0 Å². The van der Waals surface area contributed by atoms with E-state index >= 15 is 0 Å². The summed E-state index contributed by atoms with van der Waals surface area (Å²) in [5.41, 5.74) is 1.41. The van der Waals surface area contributed by atoms with Crippen LogP contribution in [0.3, 0.4) is 0 Å². The fraction of sp³-hybridized carbons (Fsp3) is 0.125. The SMILES string of the molecule is C[n+]1c[te]c2ccccc21. The van der Waals surface area contributed by atoms with Gasteiger partial charge in [-0.25, -0.2) is 0 Å². The molecule has 0 amide bonds. The van der Waals surface area contributed by atoms with Gasteiger partial charge in [0.15, 0.2) is 0 Å². The number of hydrogen-bond donors (Lipinski definition) is 0. The molecule has 0 atom stereocenters. The van der Waals surface area contributed by atoms with E-state index in [0.717, 1.165) is 0 Å². The average molecular weight is 246 g/mol. The van der Waals surface area contributed by atoms with Crippen molar-refractivity contribution in [1.82, 2.24) is 0 Å². The summed E-state index contributed by atoms with van der Waals surface area (Å²) in [6, 6.07) is 8.64. The number of aromatic nitrogens is 1. The Morgan fingerprint density at radius 2 is 2.10 bits per heavy atom. The molecule has 0 radical (unpaired) electrons. The van der Waals surface area contributed by atoms with E-state index in [4.69, 9.17) is 0 Å². The standard InChI is InChI=1S/C8H8NTe/c1-9-6-10-8-5-3-2-4-7(8)9/h2-6H,1H3/q+1. The first-order valence-electron chi connectivity index (χ1n) is 3.20. The number of aryl methyl sites for hydroxylation is 1. The Hall–Kier alpha value is -0.320. The van der Waals surface area contributed by atoms with Crippen molar-refractivity contribution < 1.29 is 4.57 Å². The van der Waals surface area contributed by atoms with E-state index < -0.39 is 0 Å². The molecule has 2 heteroatoms. The van der Waals surface area contributed by atoms with Gasteiger partial charge < -0.3 is 0 Å². The minimum absolute atomic E-state index is 0.0183. The first-order valence-corrected chi connectivity index (χ1v) is 5.71. The molecule has 1 aromatic carbocycles. The predicted molar refractivity (Wildman–Crippen MR) is 42.1 cm³/mol. The molecule has 0 saturated carbocycles. The first-order chi connectivity index (χ1) is 4.88. The second-order valence-electron chi connectivity index (χ2n) is 2.30. The van der Waals surface area contributed by atoms with Crippen molar-refractivity contribution in [3.05, 3.63) is 28.5 Å². The summed E-state index contributed by atoms with van der Waals surface area (Å²) in [7, 11) is 2.12. The van der Waals surface area contributed by atoms with Gasteiger partial charge in [-0.15, -0.1) is 0 Å². The summed E-state index contributed by atoms with van der Waals surface area (Å²) in [4.78, 5) is 0. The third-order valence-corrected chi connectivity index (χ3v) is 4.50. The molecule has 0 aliphatic heterocycles. The Labute approximate surface area is 69.5 Å². The van der Waals surface area contributed by atoms with Gasteiger partial charge in [-0.2, -0.15) is 0 Å². The Morgan fingerprint density at radius 3 is 2.90 bits per heavy atom. The van der Waals surface area contributed by atoms with Crippen LogP contribution in [0.5, 0.6) is 0 Å². The maximum absolute atomic E-state index is 2.33. The van der Waals surface area contributed by atoms with Crippen molar-refractivity contribution in [3.63, 3.8) is 0 Å². The number of benzene rings is 1. The monoisotopic (exact) mass is 248 g/mol. The second kappa shape index (κ2) is 2.38. The molecule has 1 nitrogen and oxygen atoms in total. The summed E-state index contributed by atoms with van der Waals surface area (Å²) < 4.78 is 6.13. The molecule has 0 aliphatic rings. The topological polar surface area (TPSA) is 3.88 Å². The van der Waals surface area contributed by atoms with E-state index in [1.54, 1.807) is 3.40 Å². The molecule has 10 heavy (non-hydrogen) atoms. The van der Waals surface area contributed by atoms with E-state index in [0.29, 0.717) is 0 Å². The normalized spacial score (nSPS) is 10.5. The zero-order chi connectivity index (χ0) is 6.97. The van der Waals surface area contributed by atoms with E-state index in [2.05, 4.69) is 40.1 Å². The van der Waals surface area contributed by atoms with Crippen molar-refractivity contribution in [3.8, 4) is 0 Å². The predicted octanol–water partition coefficient (Wildman–Crippen LogP) is 0.721. The van der Waals surface area contributed by atoms with E-state index in [-0.39, 0.29) is 20.4 Å². The minimum atomic E-state index is 0.0183. The van der Waals surface area contributed by atoms with Crippen molar-refractivity contribution >= 4 is 29.3 Å². The van der Waals surface area contributed by atoms with E-state index in [1.807, 2.05) is 0 Å². The second-order valence-corrected chi connectivity index (χ2v) is 4.83. The molecular formula is C8H8NTe+. The summed E-state index contributed by atoms with van der Waals surface area (Å²) in [5.74, 6) is 0. The number of fused-ring (bicyclic) bond motifs is 1. The van der Waals surface area contributed by atoms with Crippen LogP contribution in [-0.2, 0) is 7.05 Å². The molecule has 1 aromatic heterocycles. The molecular weight excluding hydrogens is 238 g/mol. The van der Waals surface area contributed by atoms with Gasteiger partial charge in [0.05, 0.1) is 0 Å². The molecule has 0 aliphatic carbocycles. The van der Waals surface area contributed by atoms with Gasteiger partial charge in [-0.3, -0.25) is 0 Å². The number of nitrogens with zero attached hydrogens (tertiary/aromatic N) is 1. The van der Waals surface area contributed by atoms with Crippen LogP contribution in [0.15, 0.2) is 28.5 Å². The van der Waals surface area contributed by atoms with Gasteiger partial charge in [-0.05, 0) is 0 Å². The zero-order valence-electron chi connectivity index (χ0n) is 5.74. The van der Waals surface area contributed by atoms with Crippen LogP contribution >= 0.6 is 0 Å². The van der Waals surface area contributed by atoms with Gasteiger partial charge in [0, 0.05) is 0 Å². The summed E-state index contributed by atoms with van der Waals surface area (Å²) in [6.07, 6.45) is 0. The van der Waals surface area contributed by atoms with E-state index in [1.165, 1.54) is 5.52 Å². The molecule has 0 spiro atoms. The third-order valence-electron chi connectivity index (χ3n) is 1.58. The summed E-state index contributed by atoms with van der Waals surface area (Å²) in [6.45, 7) is 0. The van der Waals surface area contributed by atoms with Crippen LogP contribution in [0.2, 0.25) is 0 Å². The number of rotatable bonds is 0. The molecule has 0 fully saturated rings. The fourth-order valence-corrected chi connectivity index (χ4v) is 3.54. The van der Waals surface area contributed by atoms with Crippen LogP contribution < -0.4 is 4.57 Å². The summed E-state index contributed by atoms with van der Waals surface area (Å²) in [5, 5.41) is 0. The molecule has 0 unspecified atom stereocenters. The Bertz CT molecular complexity index is 351. The molecule has 0 bridgehead atoms. The molecule has 0 N–H and O–H groups in total. The average Bonchev–Trinajstić information content (AvgIpc) is 2.34. The van der Waals surface area contributed by atoms with Gasteiger partial charge >= 0.3 is 69.4 Å². The molecule has 2 aromatic rings. The molecule has 2 rings (SSSR count). The van der Waals surface area contributed by atoms with Crippen molar-refractivity contribution in [2.45, 2.75) is 0 Å². The van der Waals surface area contributed by atoms with Crippen molar-refractivity contribution in [2.24, 2.45) is 7.05 Å². The molecule has 1 heterocycles. The van der Waals surface area contributed by atoms with Gasteiger partial charge in [-0.1, -0.05) is 0 Å². The van der Waals surface area contributed by atoms with Gasteiger partial charge in [0.2, 0.25) is 0 Å². The van der Waals surface area contributed by atoms with Crippen LogP contribution in [0.4, 0.5) is 0 Å². The maximum atomic E-state index is 2.33. The van der Waals surface area contributed by atoms with E-state index in [9.17, 15) is 0 Å². The first kappa shape index (κ1) is 6.39.